The fourth-order valence-corrected chi connectivity index (χ4v) is 23.6. The van der Waals surface area contributed by atoms with Crippen LogP contribution in [0, 0.1) is 0 Å². The van der Waals surface area contributed by atoms with Gasteiger partial charge in [-0.1, -0.05) is 0 Å². The Morgan fingerprint density at radius 2 is 1.29 bits per heavy atom. The van der Waals surface area contributed by atoms with E-state index < -0.39 is 18.4 Å². The summed E-state index contributed by atoms with van der Waals surface area (Å²) in [6.07, 6.45) is 21.1. The molecule has 1 unspecified atom stereocenters. The van der Waals surface area contributed by atoms with Crippen LogP contribution in [0.15, 0.2) is 12.2 Å². The molecule has 1 aliphatic carbocycles. The third kappa shape index (κ3) is 7.10. The third-order valence-corrected chi connectivity index (χ3v) is 23.9. The van der Waals surface area contributed by atoms with Crippen molar-refractivity contribution in [1.82, 2.24) is 0 Å². The number of rotatable bonds is 10. The van der Waals surface area contributed by atoms with Crippen molar-refractivity contribution in [3.05, 3.63) is 12.2 Å². The predicted octanol–water partition coefficient (Wildman–Crippen LogP) is 7.73. The Labute approximate surface area is 139 Å². The first kappa shape index (κ1) is 19.6. The fraction of sp³-hybridized carbons (Fsp3) is 0.900. The molecule has 1 rings (SSSR count). The molecule has 0 saturated carbocycles. The maximum atomic E-state index is 2.49. The molecule has 0 aromatic carbocycles. The van der Waals surface area contributed by atoms with Gasteiger partial charge in [0.05, 0.1) is 0 Å². The summed E-state index contributed by atoms with van der Waals surface area (Å²) in [6.45, 7) is 7.20. The Hall–Kier alpha value is 0.539. The van der Waals surface area contributed by atoms with Gasteiger partial charge in [0.15, 0.2) is 0 Å². The van der Waals surface area contributed by atoms with Crippen LogP contribution < -0.4 is 0 Å². The van der Waals surface area contributed by atoms with Crippen LogP contribution in [0.25, 0.3) is 0 Å². The molecule has 1 aliphatic rings. The second kappa shape index (κ2) is 12.0. The molecule has 0 nitrogen and oxygen atoms in total. The van der Waals surface area contributed by atoms with E-state index in [0.717, 1.165) is 0 Å². The molecule has 0 spiro atoms. The molecule has 1 atom stereocenters. The van der Waals surface area contributed by atoms with Crippen LogP contribution in [-0.4, -0.2) is 18.4 Å². The van der Waals surface area contributed by atoms with Crippen LogP contribution in [0.3, 0.4) is 0 Å². The molecule has 0 N–H and O–H groups in total. The number of hydrogen-bond acceptors (Lipinski definition) is 0. The monoisotopic (exact) mass is 400 g/mol. The van der Waals surface area contributed by atoms with Gasteiger partial charge in [0.25, 0.3) is 0 Å². The zero-order valence-corrected chi connectivity index (χ0v) is 18.0. The molecular weight excluding hydrogens is 359 g/mol. The van der Waals surface area contributed by atoms with E-state index in [4.69, 9.17) is 0 Å². The van der Waals surface area contributed by atoms with Crippen molar-refractivity contribution in [3.63, 3.8) is 0 Å². The molecule has 124 valence electrons. The Morgan fingerprint density at radius 1 is 0.762 bits per heavy atom. The zero-order chi connectivity index (χ0) is 15.4. The van der Waals surface area contributed by atoms with Gasteiger partial charge in [-0.15, -0.1) is 0 Å². The van der Waals surface area contributed by atoms with Crippen LogP contribution >= 0.6 is 0 Å². The second-order valence-corrected chi connectivity index (χ2v) is 21.7. The van der Waals surface area contributed by atoms with Gasteiger partial charge in [0.1, 0.15) is 0 Å². The number of allylic oxidation sites excluding steroid dienone is 2. The first-order chi connectivity index (χ1) is 10.3. The Morgan fingerprint density at radius 3 is 1.81 bits per heavy atom. The number of hydrogen-bond donors (Lipinski definition) is 0. The van der Waals surface area contributed by atoms with Crippen molar-refractivity contribution in [3.8, 4) is 0 Å². The predicted molar refractivity (Wildman–Crippen MR) is 101 cm³/mol. The Balaban J connectivity index is 2.83. The Kier molecular flexibility index (Phi) is 11.2. The average molecular weight is 399 g/mol. The molecule has 0 heterocycles. The molecule has 0 aromatic heterocycles. The van der Waals surface area contributed by atoms with Crippen molar-refractivity contribution in [1.29, 1.82) is 0 Å². The minimum absolute atomic E-state index is 1.20. The van der Waals surface area contributed by atoms with E-state index in [2.05, 4.69) is 32.9 Å². The van der Waals surface area contributed by atoms with Crippen molar-refractivity contribution >= 4 is 18.4 Å². The first-order valence-corrected chi connectivity index (χ1v) is 17.6. The summed E-state index contributed by atoms with van der Waals surface area (Å²) in [4.78, 5) is 0. The molecule has 0 aliphatic heterocycles. The van der Waals surface area contributed by atoms with Gasteiger partial charge >= 0.3 is 139 Å². The van der Waals surface area contributed by atoms with Crippen LogP contribution in [0.1, 0.15) is 91.4 Å². The summed E-state index contributed by atoms with van der Waals surface area (Å²) in [6, 6.07) is 0. The summed E-state index contributed by atoms with van der Waals surface area (Å²) in [5, 5.41) is 0. The molecule has 0 fully saturated rings. The summed E-state index contributed by atoms with van der Waals surface area (Å²) in [5.41, 5.74) is 0. The van der Waals surface area contributed by atoms with Crippen molar-refractivity contribution in [2.24, 2.45) is 0 Å². The summed E-state index contributed by atoms with van der Waals surface area (Å²) in [7, 11) is 0. The molecule has 0 radical (unpaired) electrons. The molecule has 0 saturated heterocycles. The van der Waals surface area contributed by atoms with Gasteiger partial charge in [-0.3, -0.25) is 0 Å². The number of unbranched alkanes of at least 4 members (excludes halogenated alkanes) is 3. The third-order valence-electron chi connectivity index (χ3n) is 5.72. The van der Waals surface area contributed by atoms with E-state index in [0.29, 0.717) is 0 Å². The topological polar surface area (TPSA) is 0 Å². The molecule has 0 amide bonds. The van der Waals surface area contributed by atoms with Gasteiger partial charge in [-0.05, 0) is 0 Å². The van der Waals surface area contributed by atoms with Gasteiger partial charge in [0.2, 0.25) is 0 Å². The van der Waals surface area contributed by atoms with Gasteiger partial charge < -0.3 is 0 Å². The summed E-state index contributed by atoms with van der Waals surface area (Å²) < 4.78 is 6.33. The molecule has 0 aromatic rings. The van der Waals surface area contributed by atoms with Gasteiger partial charge in [-0.25, -0.2) is 0 Å². The SMILES string of the molecule is CCC[CH2][Sn]([CH2]CCC)([CH2]CCC)[CH]1CCC=CCCC1. The first-order valence-electron chi connectivity index (χ1n) is 9.94. The van der Waals surface area contributed by atoms with Crippen LogP contribution in [-0.2, 0) is 0 Å². The van der Waals surface area contributed by atoms with E-state index in [9.17, 15) is 0 Å². The van der Waals surface area contributed by atoms with Crippen molar-refractivity contribution in [2.45, 2.75) is 109 Å². The van der Waals surface area contributed by atoms with E-state index >= 15 is 0 Å². The van der Waals surface area contributed by atoms with Crippen LogP contribution in [0.4, 0.5) is 0 Å². The molecular formula is C20H40Sn. The van der Waals surface area contributed by atoms with Crippen molar-refractivity contribution < 1.29 is 0 Å². The van der Waals surface area contributed by atoms with E-state index in [1.165, 1.54) is 61.7 Å². The quantitative estimate of drug-likeness (QED) is 0.261. The standard InChI is InChI=1S/C8H13.3C4H9.Sn/c1-2-4-6-8-7-5-3-1;3*1-3-4-2;/h1-2,7H,3-6,8H2;3*1,3-4H2,2H3;. The molecule has 0 bridgehead atoms. The van der Waals surface area contributed by atoms with E-state index in [1.807, 2.05) is 0 Å². The normalized spacial score (nSPS) is 20.2. The summed E-state index contributed by atoms with van der Waals surface area (Å²) in [5.74, 6) is 0. The Bertz CT molecular complexity index is 247. The van der Waals surface area contributed by atoms with Crippen LogP contribution in [0.2, 0.25) is 17.2 Å². The minimum atomic E-state index is -1.93. The van der Waals surface area contributed by atoms with Gasteiger partial charge in [-0.2, -0.15) is 0 Å². The second-order valence-electron chi connectivity index (χ2n) is 7.35. The van der Waals surface area contributed by atoms with E-state index in [1.54, 1.807) is 26.2 Å². The van der Waals surface area contributed by atoms with Gasteiger partial charge in [0, 0.05) is 0 Å². The zero-order valence-electron chi connectivity index (χ0n) is 15.1. The molecule has 21 heavy (non-hydrogen) atoms. The average Bonchev–Trinajstić information content (AvgIpc) is 2.47. The van der Waals surface area contributed by atoms with Crippen molar-refractivity contribution in [2.75, 3.05) is 0 Å². The molecule has 1 heteroatoms. The fourth-order valence-electron chi connectivity index (χ4n) is 4.35. The van der Waals surface area contributed by atoms with Crippen LogP contribution in [0.5, 0.6) is 0 Å². The van der Waals surface area contributed by atoms with E-state index in [-0.39, 0.29) is 0 Å². The maximum absolute atomic E-state index is 2.49. The summed E-state index contributed by atoms with van der Waals surface area (Å²) >= 11 is -1.93.